The molecule has 0 aliphatic carbocycles. The van der Waals surface area contributed by atoms with Gasteiger partial charge in [-0.1, -0.05) is 91.0 Å². The highest BCUT2D eigenvalue weighted by Crippen LogP contribution is 2.41. The van der Waals surface area contributed by atoms with Crippen LogP contribution in [0.2, 0.25) is 0 Å². The summed E-state index contributed by atoms with van der Waals surface area (Å²) in [7, 11) is 1.37. The quantitative estimate of drug-likeness (QED) is 0.265. The molecule has 4 nitrogen and oxygen atoms in total. The first-order valence-electron chi connectivity index (χ1n) is 9.72. The van der Waals surface area contributed by atoms with Crippen LogP contribution in [0.5, 0.6) is 0 Å². The standard InChI is InChI=1S/C26H22N2O2/c1-30-25(29)18-17-24-19-27-20-28(24)26(21-11-5-2-6-12-21,22-13-7-3-8-14-22)23-15-9-4-10-16-23/h2-20H,1H3/b18-17+. The second kappa shape index (κ2) is 8.62. The molecule has 0 bridgehead atoms. The van der Waals surface area contributed by atoms with E-state index in [0.717, 1.165) is 22.4 Å². The van der Waals surface area contributed by atoms with Crippen molar-refractivity contribution in [2.45, 2.75) is 5.54 Å². The summed E-state index contributed by atoms with van der Waals surface area (Å²) < 4.78 is 6.88. The van der Waals surface area contributed by atoms with Crippen LogP contribution in [-0.4, -0.2) is 22.6 Å². The molecule has 3 aromatic carbocycles. The van der Waals surface area contributed by atoms with Gasteiger partial charge in [0.25, 0.3) is 0 Å². The largest absolute Gasteiger partial charge is 0.466 e. The first-order chi connectivity index (χ1) is 14.8. The zero-order chi connectivity index (χ0) is 20.8. The molecule has 0 amide bonds. The Morgan fingerprint density at radius 2 is 1.30 bits per heavy atom. The van der Waals surface area contributed by atoms with Gasteiger partial charge < -0.3 is 9.30 Å². The van der Waals surface area contributed by atoms with Gasteiger partial charge in [-0.05, 0) is 22.8 Å². The maximum absolute atomic E-state index is 11.7. The van der Waals surface area contributed by atoms with Crippen molar-refractivity contribution in [1.29, 1.82) is 0 Å². The van der Waals surface area contributed by atoms with Crippen LogP contribution in [0.4, 0.5) is 0 Å². The molecule has 4 heteroatoms. The maximum Gasteiger partial charge on any atom is 0.330 e. The van der Waals surface area contributed by atoms with Gasteiger partial charge in [0.05, 0.1) is 25.3 Å². The van der Waals surface area contributed by atoms with Crippen LogP contribution in [0, 0.1) is 0 Å². The summed E-state index contributed by atoms with van der Waals surface area (Å²) in [5.41, 5.74) is 3.39. The number of aromatic nitrogens is 2. The van der Waals surface area contributed by atoms with Crippen LogP contribution in [0.25, 0.3) is 6.08 Å². The van der Waals surface area contributed by atoms with E-state index in [1.54, 1.807) is 12.3 Å². The van der Waals surface area contributed by atoms with Crippen molar-refractivity contribution in [2.24, 2.45) is 0 Å². The number of ether oxygens (including phenoxy) is 1. The summed E-state index contributed by atoms with van der Waals surface area (Å²) in [4.78, 5) is 16.2. The number of methoxy groups -OCH3 is 1. The number of nitrogens with zero attached hydrogens (tertiary/aromatic N) is 2. The average molecular weight is 394 g/mol. The van der Waals surface area contributed by atoms with Gasteiger partial charge >= 0.3 is 5.97 Å². The van der Waals surface area contributed by atoms with Crippen LogP contribution in [0.15, 0.2) is 110 Å². The van der Waals surface area contributed by atoms with Gasteiger partial charge in [0.1, 0.15) is 5.54 Å². The molecule has 4 aromatic rings. The molecule has 0 saturated carbocycles. The summed E-state index contributed by atoms with van der Waals surface area (Å²) >= 11 is 0. The number of hydrogen-bond donors (Lipinski definition) is 0. The summed E-state index contributed by atoms with van der Waals surface area (Å²) in [5, 5.41) is 0. The molecule has 0 atom stereocenters. The number of rotatable bonds is 6. The number of imidazole rings is 1. The minimum Gasteiger partial charge on any atom is -0.466 e. The molecule has 148 valence electrons. The molecule has 0 N–H and O–H groups in total. The molecule has 1 heterocycles. The average Bonchev–Trinajstić information content (AvgIpc) is 3.29. The molecule has 0 spiro atoms. The first-order valence-corrected chi connectivity index (χ1v) is 9.72. The predicted molar refractivity (Wildman–Crippen MR) is 118 cm³/mol. The van der Waals surface area contributed by atoms with Crippen LogP contribution >= 0.6 is 0 Å². The second-order valence-corrected chi connectivity index (χ2v) is 6.85. The van der Waals surface area contributed by atoms with E-state index < -0.39 is 11.5 Å². The molecule has 0 radical (unpaired) electrons. The Balaban J connectivity index is 2.06. The third kappa shape index (κ3) is 3.44. The van der Waals surface area contributed by atoms with E-state index in [1.807, 2.05) is 60.9 Å². The topological polar surface area (TPSA) is 44.1 Å². The van der Waals surface area contributed by atoms with Crippen molar-refractivity contribution in [1.82, 2.24) is 9.55 Å². The van der Waals surface area contributed by atoms with Crippen molar-refractivity contribution in [3.8, 4) is 0 Å². The Morgan fingerprint density at radius 3 is 1.73 bits per heavy atom. The molecule has 1 aromatic heterocycles. The molecular formula is C26H22N2O2. The lowest BCUT2D eigenvalue weighted by Crippen LogP contribution is -2.38. The Bertz CT molecular complexity index is 1040. The van der Waals surface area contributed by atoms with Crippen molar-refractivity contribution in [2.75, 3.05) is 7.11 Å². The van der Waals surface area contributed by atoms with E-state index in [-0.39, 0.29) is 0 Å². The van der Waals surface area contributed by atoms with Gasteiger partial charge in [0, 0.05) is 6.08 Å². The molecule has 0 aliphatic rings. The predicted octanol–water partition coefficient (Wildman–Crippen LogP) is 4.91. The lowest BCUT2D eigenvalue weighted by atomic mass is 9.76. The van der Waals surface area contributed by atoms with Gasteiger partial charge in [-0.2, -0.15) is 0 Å². The van der Waals surface area contributed by atoms with Crippen LogP contribution in [0.3, 0.4) is 0 Å². The monoisotopic (exact) mass is 394 g/mol. The Labute approximate surface area is 176 Å². The molecule has 0 fully saturated rings. The molecule has 0 aliphatic heterocycles. The van der Waals surface area contributed by atoms with Crippen molar-refractivity contribution >= 4 is 12.0 Å². The summed E-state index contributed by atoms with van der Waals surface area (Å²) in [6, 6.07) is 31.0. The highest BCUT2D eigenvalue weighted by Gasteiger charge is 2.39. The number of esters is 1. The van der Waals surface area contributed by atoms with Gasteiger partial charge in [0.2, 0.25) is 0 Å². The van der Waals surface area contributed by atoms with E-state index in [9.17, 15) is 4.79 Å². The number of hydrogen-bond acceptors (Lipinski definition) is 3. The van der Waals surface area contributed by atoms with Gasteiger partial charge in [-0.25, -0.2) is 9.78 Å². The molecular weight excluding hydrogens is 372 g/mol. The van der Waals surface area contributed by atoms with Crippen molar-refractivity contribution in [3.05, 3.63) is 132 Å². The third-order valence-electron chi connectivity index (χ3n) is 5.19. The van der Waals surface area contributed by atoms with Gasteiger partial charge in [-0.3, -0.25) is 0 Å². The van der Waals surface area contributed by atoms with Crippen LogP contribution in [0.1, 0.15) is 22.4 Å². The van der Waals surface area contributed by atoms with E-state index in [0.29, 0.717) is 0 Å². The summed E-state index contributed by atoms with van der Waals surface area (Å²) in [6.07, 6.45) is 6.72. The fourth-order valence-electron chi connectivity index (χ4n) is 3.89. The normalized spacial score (nSPS) is 11.5. The third-order valence-corrected chi connectivity index (χ3v) is 5.19. The lowest BCUT2D eigenvalue weighted by Gasteiger charge is -2.38. The number of carbonyl (C=O) groups excluding carboxylic acids is 1. The van der Waals surface area contributed by atoms with E-state index in [1.165, 1.54) is 13.2 Å². The zero-order valence-electron chi connectivity index (χ0n) is 16.7. The lowest BCUT2D eigenvalue weighted by molar-refractivity contribution is -0.134. The van der Waals surface area contributed by atoms with Gasteiger partial charge in [-0.15, -0.1) is 0 Å². The summed E-state index contributed by atoms with van der Waals surface area (Å²) in [5.74, 6) is -0.410. The fraction of sp³-hybridized carbons (Fsp3) is 0.0769. The Kier molecular flexibility index (Phi) is 5.57. The highest BCUT2D eigenvalue weighted by molar-refractivity contribution is 5.86. The van der Waals surface area contributed by atoms with E-state index in [4.69, 9.17) is 4.74 Å². The minimum atomic E-state index is -0.671. The van der Waals surface area contributed by atoms with E-state index in [2.05, 4.69) is 45.9 Å². The SMILES string of the molecule is COC(=O)/C=C/c1cncn1C(c1ccccc1)(c1ccccc1)c1ccccc1. The van der Waals surface area contributed by atoms with Crippen molar-refractivity contribution in [3.63, 3.8) is 0 Å². The Morgan fingerprint density at radius 1 is 0.833 bits per heavy atom. The molecule has 0 saturated heterocycles. The van der Waals surface area contributed by atoms with Crippen molar-refractivity contribution < 1.29 is 9.53 Å². The molecule has 0 unspecified atom stereocenters. The smallest absolute Gasteiger partial charge is 0.330 e. The van der Waals surface area contributed by atoms with E-state index >= 15 is 0 Å². The van der Waals surface area contributed by atoms with Crippen LogP contribution < -0.4 is 0 Å². The first kappa shape index (κ1) is 19.4. The van der Waals surface area contributed by atoms with Crippen LogP contribution in [-0.2, 0) is 15.1 Å². The number of carbonyl (C=O) groups is 1. The minimum absolute atomic E-state index is 0.410. The zero-order valence-corrected chi connectivity index (χ0v) is 16.7. The highest BCUT2D eigenvalue weighted by atomic mass is 16.5. The maximum atomic E-state index is 11.7. The second-order valence-electron chi connectivity index (χ2n) is 6.85. The molecule has 30 heavy (non-hydrogen) atoms. The van der Waals surface area contributed by atoms with Gasteiger partial charge in [0.15, 0.2) is 0 Å². The molecule has 4 rings (SSSR count). The number of benzene rings is 3. The fourth-order valence-corrected chi connectivity index (χ4v) is 3.89. The summed E-state index contributed by atoms with van der Waals surface area (Å²) in [6.45, 7) is 0. The Hall–Kier alpha value is -3.92.